The van der Waals surface area contributed by atoms with Crippen molar-refractivity contribution >= 4 is 41.7 Å². The zero-order chi connectivity index (χ0) is 18.8. The summed E-state index contributed by atoms with van der Waals surface area (Å²) in [5, 5.41) is 15.1. The molecule has 27 heavy (non-hydrogen) atoms. The first kappa shape index (κ1) is 23.7. The second-order valence-corrected chi connectivity index (χ2v) is 7.12. The first-order chi connectivity index (χ1) is 12.7. The number of aromatic nitrogens is 3. The van der Waals surface area contributed by atoms with E-state index < -0.39 is 0 Å². The number of nitrogens with one attached hydrogen (secondary N) is 2. The Balaban J connectivity index is 0.00000364. The van der Waals surface area contributed by atoms with Crippen LogP contribution in [0.25, 0.3) is 0 Å². The number of guanidine groups is 1. The van der Waals surface area contributed by atoms with Crippen molar-refractivity contribution in [2.75, 3.05) is 18.6 Å². The minimum atomic E-state index is 0. The van der Waals surface area contributed by atoms with Crippen LogP contribution in [0.15, 0.2) is 29.3 Å². The molecule has 1 aromatic carbocycles. The van der Waals surface area contributed by atoms with Gasteiger partial charge in [-0.05, 0) is 42.9 Å². The van der Waals surface area contributed by atoms with Crippen molar-refractivity contribution in [3.05, 3.63) is 47.0 Å². The minimum absolute atomic E-state index is 0. The summed E-state index contributed by atoms with van der Waals surface area (Å²) in [6, 6.07) is 8.49. The molecular formula is C19H31IN6S. The van der Waals surface area contributed by atoms with Crippen LogP contribution < -0.4 is 10.6 Å². The maximum absolute atomic E-state index is 4.78. The molecule has 2 rings (SSSR count). The lowest BCUT2D eigenvalue weighted by Gasteiger charge is -2.13. The van der Waals surface area contributed by atoms with Crippen molar-refractivity contribution in [3.8, 4) is 0 Å². The molecule has 0 saturated carbocycles. The molecule has 0 unspecified atom stereocenters. The van der Waals surface area contributed by atoms with E-state index >= 15 is 0 Å². The quantitative estimate of drug-likeness (QED) is 0.239. The number of hydrogen-bond donors (Lipinski definition) is 2. The molecular weight excluding hydrogens is 471 g/mol. The number of thioether (sulfide) groups is 1. The van der Waals surface area contributed by atoms with Crippen molar-refractivity contribution in [1.82, 2.24) is 25.4 Å². The maximum Gasteiger partial charge on any atom is 0.191 e. The van der Waals surface area contributed by atoms with Crippen LogP contribution in [-0.2, 0) is 26.6 Å². The number of rotatable bonds is 9. The second kappa shape index (κ2) is 13.0. The van der Waals surface area contributed by atoms with E-state index in [0.717, 1.165) is 42.7 Å². The van der Waals surface area contributed by atoms with E-state index in [2.05, 4.69) is 58.3 Å². The molecule has 0 amide bonds. The molecule has 1 heterocycles. The summed E-state index contributed by atoms with van der Waals surface area (Å²) < 4.78 is 1.99. The summed E-state index contributed by atoms with van der Waals surface area (Å²) in [5.74, 6) is 3.76. The minimum Gasteiger partial charge on any atom is -0.356 e. The zero-order valence-corrected chi connectivity index (χ0v) is 19.8. The fourth-order valence-electron chi connectivity index (χ4n) is 2.59. The van der Waals surface area contributed by atoms with E-state index in [1.807, 2.05) is 30.3 Å². The van der Waals surface area contributed by atoms with E-state index in [4.69, 9.17) is 4.99 Å². The Kier molecular flexibility index (Phi) is 11.4. The Morgan fingerprint density at radius 3 is 2.56 bits per heavy atom. The monoisotopic (exact) mass is 502 g/mol. The fraction of sp³-hybridized carbons (Fsp3) is 0.526. The molecule has 0 atom stereocenters. The Morgan fingerprint density at radius 2 is 1.93 bits per heavy atom. The molecule has 0 aliphatic rings. The van der Waals surface area contributed by atoms with Crippen LogP contribution in [0.5, 0.6) is 0 Å². The fourth-order valence-corrected chi connectivity index (χ4v) is 3.02. The lowest BCUT2D eigenvalue weighted by atomic mass is 10.1. The first-order valence-corrected chi connectivity index (χ1v) is 10.5. The Bertz CT molecular complexity index is 716. The molecule has 2 aromatic rings. The molecule has 6 nitrogen and oxygen atoms in total. The molecule has 150 valence electrons. The van der Waals surface area contributed by atoms with Gasteiger partial charge < -0.3 is 15.2 Å². The highest BCUT2D eigenvalue weighted by Crippen LogP contribution is 2.10. The summed E-state index contributed by atoms with van der Waals surface area (Å²) >= 11 is 1.86. The van der Waals surface area contributed by atoms with Gasteiger partial charge in [0.25, 0.3) is 0 Å². The molecule has 0 fully saturated rings. The summed E-state index contributed by atoms with van der Waals surface area (Å²) in [7, 11) is 1.98. The van der Waals surface area contributed by atoms with Crippen molar-refractivity contribution in [3.63, 3.8) is 0 Å². The van der Waals surface area contributed by atoms with Crippen molar-refractivity contribution < 1.29 is 0 Å². The highest BCUT2D eigenvalue weighted by atomic mass is 127. The molecule has 8 heteroatoms. The van der Waals surface area contributed by atoms with Crippen LogP contribution in [0.1, 0.15) is 36.1 Å². The van der Waals surface area contributed by atoms with Gasteiger partial charge in [-0.25, -0.2) is 4.99 Å². The summed E-state index contributed by atoms with van der Waals surface area (Å²) in [5.41, 5.74) is 2.62. The van der Waals surface area contributed by atoms with Gasteiger partial charge in [-0.2, -0.15) is 11.8 Å². The number of hydrogen-bond acceptors (Lipinski definition) is 4. The lowest BCUT2D eigenvalue weighted by Crippen LogP contribution is -2.38. The summed E-state index contributed by atoms with van der Waals surface area (Å²) in [6.45, 7) is 6.30. The average molecular weight is 502 g/mol. The van der Waals surface area contributed by atoms with Gasteiger partial charge in [0.05, 0.1) is 13.1 Å². The second-order valence-electron chi connectivity index (χ2n) is 6.14. The van der Waals surface area contributed by atoms with Crippen LogP contribution in [-0.4, -0.2) is 39.3 Å². The number of nitrogens with zero attached hydrogens (tertiary/aromatic N) is 4. The van der Waals surface area contributed by atoms with E-state index in [9.17, 15) is 0 Å². The van der Waals surface area contributed by atoms with Crippen molar-refractivity contribution in [2.24, 2.45) is 12.0 Å². The molecule has 0 aliphatic heterocycles. The van der Waals surface area contributed by atoms with Crippen LogP contribution >= 0.6 is 35.7 Å². The molecule has 0 bridgehead atoms. The highest BCUT2D eigenvalue weighted by Gasteiger charge is 2.07. The van der Waals surface area contributed by atoms with Crippen molar-refractivity contribution in [1.29, 1.82) is 0 Å². The maximum atomic E-state index is 4.78. The SMILES string of the molecule is CCc1ccccc1CN=C(NCCCSC)NCc1nnc(C)n1C.I. The van der Waals surface area contributed by atoms with E-state index in [1.54, 1.807) is 0 Å². The molecule has 1 aromatic heterocycles. The Morgan fingerprint density at radius 1 is 1.19 bits per heavy atom. The van der Waals surface area contributed by atoms with Gasteiger partial charge in [0, 0.05) is 13.6 Å². The van der Waals surface area contributed by atoms with Gasteiger partial charge in [0.15, 0.2) is 11.8 Å². The van der Waals surface area contributed by atoms with E-state index in [-0.39, 0.29) is 24.0 Å². The molecule has 2 N–H and O–H groups in total. The third-order valence-corrected chi connectivity index (χ3v) is 5.02. The third-order valence-electron chi connectivity index (χ3n) is 4.32. The summed E-state index contributed by atoms with van der Waals surface area (Å²) in [6.07, 6.45) is 4.26. The van der Waals surface area contributed by atoms with Crippen LogP contribution in [0.2, 0.25) is 0 Å². The smallest absolute Gasteiger partial charge is 0.191 e. The standard InChI is InChI=1S/C19H30N6S.HI/c1-5-16-9-6-7-10-17(16)13-21-19(20-11-8-12-26-4)22-14-18-24-23-15(2)25(18)3;/h6-7,9-10H,5,8,11-14H2,1-4H3,(H2,20,21,22);1H. The van der Waals surface area contributed by atoms with E-state index in [0.29, 0.717) is 13.1 Å². The van der Waals surface area contributed by atoms with Gasteiger partial charge >= 0.3 is 0 Å². The van der Waals surface area contributed by atoms with Crippen molar-refractivity contribution in [2.45, 2.75) is 39.8 Å². The van der Waals surface area contributed by atoms with Gasteiger partial charge in [-0.1, -0.05) is 31.2 Å². The normalized spacial score (nSPS) is 11.2. The van der Waals surface area contributed by atoms with Gasteiger partial charge in [-0.3, -0.25) is 0 Å². The molecule has 0 saturated heterocycles. The number of halogens is 1. The highest BCUT2D eigenvalue weighted by molar-refractivity contribution is 14.0. The Hall–Kier alpha value is -1.29. The van der Waals surface area contributed by atoms with Gasteiger partial charge in [0.1, 0.15) is 5.82 Å². The molecule has 0 spiro atoms. The largest absolute Gasteiger partial charge is 0.356 e. The van der Waals surface area contributed by atoms with Crippen LogP contribution in [0.4, 0.5) is 0 Å². The lowest BCUT2D eigenvalue weighted by molar-refractivity contribution is 0.711. The number of aliphatic imine (C=N–C) groups is 1. The first-order valence-electron chi connectivity index (χ1n) is 9.08. The Labute approximate surface area is 184 Å². The zero-order valence-electron chi connectivity index (χ0n) is 16.7. The molecule has 0 radical (unpaired) electrons. The topological polar surface area (TPSA) is 67.1 Å². The van der Waals surface area contributed by atoms with E-state index in [1.165, 1.54) is 11.1 Å². The predicted molar refractivity (Wildman–Crippen MR) is 126 cm³/mol. The number of benzene rings is 1. The molecule has 0 aliphatic carbocycles. The summed E-state index contributed by atoms with van der Waals surface area (Å²) in [4.78, 5) is 4.78. The van der Waals surface area contributed by atoms with Crippen LogP contribution in [0.3, 0.4) is 0 Å². The average Bonchev–Trinajstić information content (AvgIpc) is 2.99. The van der Waals surface area contributed by atoms with Gasteiger partial charge in [0.2, 0.25) is 0 Å². The number of aryl methyl sites for hydroxylation is 2. The third kappa shape index (κ3) is 7.69. The van der Waals surface area contributed by atoms with Gasteiger partial charge in [-0.15, -0.1) is 34.2 Å². The van der Waals surface area contributed by atoms with Crippen LogP contribution in [0, 0.1) is 6.92 Å². The predicted octanol–water partition coefficient (Wildman–Crippen LogP) is 3.29.